The number of ether oxygens (including phenoxy) is 1. The van der Waals surface area contributed by atoms with Crippen molar-refractivity contribution in [3.05, 3.63) is 69.0 Å². The summed E-state index contributed by atoms with van der Waals surface area (Å²) in [5, 5.41) is 0.780. The Morgan fingerprint density at radius 3 is 2.91 bits per heavy atom. The first-order chi connectivity index (χ1) is 10.6. The van der Waals surface area contributed by atoms with Gasteiger partial charge in [0.1, 0.15) is 0 Å². The number of pyridine rings is 1. The third kappa shape index (κ3) is 2.77. The highest BCUT2D eigenvalue weighted by Gasteiger charge is 2.21. The second kappa shape index (κ2) is 5.93. The Morgan fingerprint density at radius 1 is 1.36 bits per heavy atom. The van der Waals surface area contributed by atoms with Gasteiger partial charge in [-0.15, -0.1) is 0 Å². The van der Waals surface area contributed by atoms with Gasteiger partial charge in [0.05, 0.1) is 18.4 Å². The number of hydrogen-bond donors (Lipinski definition) is 0. The SMILES string of the molecule is COC(=O)c1ccnc2c1CC(Cc1ccc(Cl)c(C)c1)=C2. The quantitative estimate of drug-likeness (QED) is 0.804. The van der Waals surface area contributed by atoms with Crippen molar-refractivity contribution in [3.63, 3.8) is 0 Å². The Bertz CT molecular complexity index is 781. The molecule has 0 fully saturated rings. The van der Waals surface area contributed by atoms with E-state index in [-0.39, 0.29) is 5.97 Å². The number of fused-ring (bicyclic) bond motifs is 1. The minimum atomic E-state index is -0.310. The molecule has 22 heavy (non-hydrogen) atoms. The van der Waals surface area contributed by atoms with Crippen LogP contribution in [0.15, 0.2) is 36.0 Å². The molecule has 0 unspecified atom stereocenters. The van der Waals surface area contributed by atoms with Crippen LogP contribution in [0.4, 0.5) is 0 Å². The third-order valence-corrected chi connectivity index (χ3v) is 4.32. The maximum Gasteiger partial charge on any atom is 0.338 e. The Balaban J connectivity index is 1.84. The summed E-state index contributed by atoms with van der Waals surface area (Å²) in [6, 6.07) is 7.77. The van der Waals surface area contributed by atoms with E-state index in [9.17, 15) is 4.79 Å². The third-order valence-electron chi connectivity index (χ3n) is 3.89. The molecule has 0 atom stereocenters. The molecule has 1 aromatic carbocycles. The van der Waals surface area contributed by atoms with Crippen molar-refractivity contribution in [3.8, 4) is 0 Å². The predicted molar refractivity (Wildman–Crippen MR) is 87.2 cm³/mol. The van der Waals surface area contributed by atoms with Gasteiger partial charge in [0.15, 0.2) is 0 Å². The van der Waals surface area contributed by atoms with Crippen LogP contribution in [0.5, 0.6) is 0 Å². The van der Waals surface area contributed by atoms with Crippen molar-refractivity contribution in [1.29, 1.82) is 0 Å². The molecule has 1 heterocycles. The van der Waals surface area contributed by atoms with Gasteiger partial charge in [-0.1, -0.05) is 29.3 Å². The largest absolute Gasteiger partial charge is 0.465 e. The number of aryl methyl sites for hydroxylation is 1. The molecule has 0 spiro atoms. The number of carbonyl (C=O) groups is 1. The summed E-state index contributed by atoms with van der Waals surface area (Å²) in [7, 11) is 1.40. The molecule has 112 valence electrons. The maximum absolute atomic E-state index is 11.8. The number of esters is 1. The zero-order chi connectivity index (χ0) is 15.7. The summed E-state index contributed by atoms with van der Waals surface area (Å²) >= 11 is 6.07. The fraction of sp³-hybridized carbons (Fsp3) is 0.222. The second-order valence-corrected chi connectivity index (χ2v) is 5.86. The van der Waals surface area contributed by atoms with Crippen LogP contribution in [0, 0.1) is 6.92 Å². The van der Waals surface area contributed by atoms with E-state index in [1.165, 1.54) is 18.2 Å². The lowest BCUT2D eigenvalue weighted by Crippen LogP contribution is -2.06. The Labute approximate surface area is 134 Å². The lowest BCUT2D eigenvalue weighted by molar-refractivity contribution is 0.0599. The van der Waals surface area contributed by atoms with E-state index in [0.29, 0.717) is 5.56 Å². The fourth-order valence-electron chi connectivity index (χ4n) is 2.78. The van der Waals surface area contributed by atoms with Gasteiger partial charge in [0, 0.05) is 11.2 Å². The van der Waals surface area contributed by atoms with Gasteiger partial charge < -0.3 is 4.74 Å². The summed E-state index contributed by atoms with van der Waals surface area (Å²) in [4.78, 5) is 16.2. The smallest absolute Gasteiger partial charge is 0.338 e. The average Bonchev–Trinajstić information content (AvgIpc) is 2.92. The zero-order valence-corrected chi connectivity index (χ0v) is 13.3. The highest BCUT2D eigenvalue weighted by atomic mass is 35.5. The summed E-state index contributed by atoms with van der Waals surface area (Å²) < 4.78 is 4.84. The van der Waals surface area contributed by atoms with Crippen LogP contribution in [-0.4, -0.2) is 18.1 Å². The number of rotatable bonds is 3. The molecule has 1 aliphatic carbocycles. The molecule has 0 bridgehead atoms. The predicted octanol–water partition coefficient (Wildman–Crippen LogP) is 4.01. The number of halogens is 1. The number of nitrogens with zero attached hydrogens (tertiary/aromatic N) is 1. The molecule has 0 radical (unpaired) electrons. The molecule has 1 aliphatic rings. The highest BCUT2D eigenvalue weighted by Crippen LogP contribution is 2.29. The second-order valence-electron chi connectivity index (χ2n) is 5.45. The first kappa shape index (κ1) is 14.8. The van der Waals surface area contributed by atoms with Gasteiger partial charge >= 0.3 is 5.97 Å². The molecular formula is C18H16ClNO2. The van der Waals surface area contributed by atoms with Gasteiger partial charge in [-0.3, -0.25) is 4.98 Å². The van der Waals surface area contributed by atoms with Crippen molar-refractivity contribution in [2.45, 2.75) is 19.8 Å². The number of methoxy groups -OCH3 is 1. The van der Waals surface area contributed by atoms with E-state index in [1.807, 2.05) is 19.1 Å². The van der Waals surface area contributed by atoms with Crippen LogP contribution in [0.3, 0.4) is 0 Å². The molecule has 0 amide bonds. The average molecular weight is 314 g/mol. The summed E-state index contributed by atoms with van der Waals surface area (Å²) in [6.45, 7) is 2.00. The van der Waals surface area contributed by atoms with Gasteiger partial charge in [-0.2, -0.15) is 0 Å². The molecule has 0 saturated heterocycles. The first-order valence-corrected chi connectivity index (χ1v) is 7.47. The van der Waals surface area contributed by atoms with E-state index in [2.05, 4.69) is 17.1 Å². The van der Waals surface area contributed by atoms with Crippen LogP contribution in [0.25, 0.3) is 6.08 Å². The Hall–Kier alpha value is -2.13. The van der Waals surface area contributed by atoms with Crippen molar-refractivity contribution < 1.29 is 9.53 Å². The number of allylic oxidation sites excluding steroid dienone is 1. The molecule has 0 saturated carbocycles. The fourth-order valence-corrected chi connectivity index (χ4v) is 2.90. The molecule has 4 heteroatoms. The van der Waals surface area contributed by atoms with Crippen molar-refractivity contribution >= 4 is 23.6 Å². The van der Waals surface area contributed by atoms with E-state index >= 15 is 0 Å². The molecule has 3 nitrogen and oxygen atoms in total. The van der Waals surface area contributed by atoms with Crippen LogP contribution < -0.4 is 0 Å². The monoisotopic (exact) mass is 313 g/mol. The zero-order valence-electron chi connectivity index (χ0n) is 12.5. The van der Waals surface area contributed by atoms with Crippen LogP contribution in [-0.2, 0) is 17.6 Å². The molecule has 0 aliphatic heterocycles. The first-order valence-electron chi connectivity index (χ1n) is 7.09. The lowest BCUT2D eigenvalue weighted by Gasteiger charge is -2.07. The Morgan fingerprint density at radius 2 is 2.18 bits per heavy atom. The summed E-state index contributed by atoms with van der Waals surface area (Å²) in [5.74, 6) is -0.310. The van der Waals surface area contributed by atoms with Gasteiger partial charge in [0.2, 0.25) is 0 Å². The normalized spacial score (nSPS) is 12.8. The Kier molecular flexibility index (Phi) is 3.99. The number of hydrogen-bond acceptors (Lipinski definition) is 3. The summed E-state index contributed by atoms with van der Waals surface area (Å²) in [5.41, 5.74) is 5.94. The van der Waals surface area contributed by atoms with E-state index in [4.69, 9.17) is 16.3 Å². The maximum atomic E-state index is 11.8. The standard InChI is InChI=1S/C18H16ClNO2/c1-11-7-12(3-4-16(11)19)8-13-9-15-14(18(21)22-2)5-6-20-17(15)10-13/h3-7,10H,8-9H2,1-2H3. The molecule has 0 N–H and O–H groups in total. The minimum Gasteiger partial charge on any atom is -0.465 e. The van der Waals surface area contributed by atoms with Crippen molar-refractivity contribution in [1.82, 2.24) is 4.98 Å². The molecule has 1 aromatic heterocycles. The van der Waals surface area contributed by atoms with E-state index in [0.717, 1.165) is 34.7 Å². The van der Waals surface area contributed by atoms with Crippen molar-refractivity contribution in [2.75, 3.05) is 7.11 Å². The topological polar surface area (TPSA) is 39.2 Å². The summed E-state index contributed by atoms with van der Waals surface area (Å²) in [6.07, 6.45) is 5.27. The van der Waals surface area contributed by atoms with E-state index < -0.39 is 0 Å². The lowest BCUT2D eigenvalue weighted by atomic mass is 10.0. The van der Waals surface area contributed by atoms with Gasteiger partial charge in [-0.25, -0.2) is 4.79 Å². The number of aromatic nitrogens is 1. The minimum absolute atomic E-state index is 0.310. The molecule has 2 aromatic rings. The van der Waals surface area contributed by atoms with Gasteiger partial charge in [-0.05, 0) is 54.7 Å². The molecule has 3 rings (SSSR count). The van der Waals surface area contributed by atoms with Crippen LogP contribution in [0.2, 0.25) is 5.02 Å². The number of benzene rings is 1. The van der Waals surface area contributed by atoms with Crippen LogP contribution in [0.1, 0.15) is 32.7 Å². The number of carbonyl (C=O) groups excluding carboxylic acids is 1. The van der Waals surface area contributed by atoms with Crippen LogP contribution >= 0.6 is 11.6 Å². The van der Waals surface area contributed by atoms with E-state index in [1.54, 1.807) is 12.3 Å². The van der Waals surface area contributed by atoms with Gasteiger partial charge in [0.25, 0.3) is 0 Å². The highest BCUT2D eigenvalue weighted by molar-refractivity contribution is 6.31. The molecular weight excluding hydrogens is 298 g/mol. The van der Waals surface area contributed by atoms with Crippen molar-refractivity contribution in [2.24, 2.45) is 0 Å².